The summed E-state index contributed by atoms with van der Waals surface area (Å²) in [6.07, 6.45) is 3.92. The van der Waals surface area contributed by atoms with E-state index in [0.29, 0.717) is 6.54 Å². The number of hydrogen-bond acceptors (Lipinski definition) is 4. The van der Waals surface area contributed by atoms with Crippen molar-refractivity contribution in [2.24, 2.45) is 7.05 Å². The number of likely N-dealkylation sites (N-methyl/N-ethyl adjacent to an activating group) is 1. The van der Waals surface area contributed by atoms with E-state index in [1.165, 1.54) is 30.5 Å². The van der Waals surface area contributed by atoms with Crippen molar-refractivity contribution in [1.82, 2.24) is 14.7 Å². The van der Waals surface area contributed by atoms with E-state index in [1.807, 2.05) is 32.8 Å². The lowest BCUT2D eigenvalue weighted by atomic mass is 10.1. The first-order valence-corrected chi connectivity index (χ1v) is 9.76. The Labute approximate surface area is 162 Å². The summed E-state index contributed by atoms with van der Waals surface area (Å²) in [6.45, 7) is 7.29. The van der Waals surface area contributed by atoms with Gasteiger partial charge in [0.15, 0.2) is 0 Å². The Kier molecular flexibility index (Phi) is 6.16. The summed E-state index contributed by atoms with van der Waals surface area (Å²) in [5, 5.41) is 7.34. The SMILES string of the molecule is Cc1nn(C)c(C)c1NC(=O)CN(C)Cc1ccc(N2CCCCC2)cc1. The van der Waals surface area contributed by atoms with Gasteiger partial charge in [-0.3, -0.25) is 14.4 Å². The normalized spacial score (nSPS) is 14.6. The summed E-state index contributed by atoms with van der Waals surface area (Å²) in [7, 11) is 3.86. The molecule has 0 spiro atoms. The number of benzene rings is 1. The molecule has 1 aliphatic rings. The molecule has 1 aromatic heterocycles. The first-order chi connectivity index (χ1) is 12.9. The first-order valence-electron chi connectivity index (χ1n) is 9.76. The van der Waals surface area contributed by atoms with Crippen LogP contribution in [-0.4, -0.2) is 47.3 Å². The highest BCUT2D eigenvalue weighted by Crippen LogP contribution is 2.21. The van der Waals surface area contributed by atoms with E-state index in [0.717, 1.165) is 36.7 Å². The van der Waals surface area contributed by atoms with Crippen LogP contribution in [-0.2, 0) is 18.4 Å². The van der Waals surface area contributed by atoms with Crippen LogP contribution in [0.15, 0.2) is 24.3 Å². The molecule has 0 atom stereocenters. The van der Waals surface area contributed by atoms with Crippen molar-refractivity contribution in [3.05, 3.63) is 41.2 Å². The number of aryl methyl sites for hydroxylation is 2. The molecule has 0 bridgehead atoms. The van der Waals surface area contributed by atoms with Crippen LogP contribution in [0.1, 0.15) is 36.2 Å². The molecule has 6 heteroatoms. The quantitative estimate of drug-likeness (QED) is 0.850. The molecule has 0 saturated carbocycles. The predicted octanol–water partition coefficient (Wildman–Crippen LogP) is 3.10. The van der Waals surface area contributed by atoms with E-state index in [-0.39, 0.29) is 5.91 Å². The number of carbonyl (C=O) groups is 1. The number of anilines is 2. The van der Waals surface area contributed by atoms with Crippen LogP contribution in [0.3, 0.4) is 0 Å². The first kappa shape index (κ1) is 19.4. The molecular formula is C21H31N5O. The summed E-state index contributed by atoms with van der Waals surface area (Å²) in [5.41, 5.74) is 5.17. The van der Waals surface area contributed by atoms with Crippen LogP contribution >= 0.6 is 0 Å². The van der Waals surface area contributed by atoms with Crippen molar-refractivity contribution in [3.63, 3.8) is 0 Å². The molecule has 6 nitrogen and oxygen atoms in total. The smallest absolute Gasteiger partial charge is 0.238 e. The van der Waals surface area contributed by atoms with Crippen molar-refractivity contribution in [1.29, 1.82) is 0 Å². The fourth-order valence-electron chi connectivity index (χ4n) is 3.71. The lowest BCUT2D eigenvalue weighted by molar-refractivity contribution is -0.117. The second-order valence-electron chi connectivity index (χ2n) is 7.60. The second kappa shape index (κ2) is 8.57. The average molecular weight is 370 g/mol. The number of nitrogens with zero attached hydrogens (tertiary/aromatic N) is 4. The van der Waals surface area contributed by atoms with E-state index >= 15 is 0 Å². The third-order valence-corrected chi connectivity index (χ3v) is 5.30. The Hall–Kier alpha value is -2.34. The molecular weight excluding hydrogens is 338 g/mol. The zero-order valence-corrected chi connectivity index (χ0v) is 17.0. The van der Waals surface area contributed by atoms with E-state index in [2.05, 4.69) is 39.6 Å². The van der Waals surface area contributed by atoms with Crippen LogP contribution in [0.4, 0.5) is 11.4 Å². The Morgan fingerprint density at radius 2 is 1.81 bits per heavy atom. The highest BCUT2D eigenvalue weighted by molar-refractivity contribution is 5.93. The van der Waals surface area contributed by atoms with E-state index in [1.54, 1.807) is 4.68 Å². The fourth-order valence-corrected chi connectivity index (χ4v) is 3.71. The highest BCUT2D eigenvalue weighted by Gasteiger charge is 2.14. The largest absolute Gasteiger partial charge is 0.372 e. The minimum atomic E-state index is -0.0124. The predicted molar refractivity (Wildman–Crippen MR) is 110 cm³/mol. The molecule has 2 aromatic rings. The van der Waals surface area contributed by atoms with Gasteiger partial charge in [-0.25, -0.2) is 0 Å². The minimum absolute atomic E-state index is 0.0124. The van der Waals surface area contributed by atoms with E-state index < -0.39 is 0 Å². The summed E-state index contributed by atoms with van der Waals surface area (Å²) >= 11 is 0. The molecule has 2 heterocycles. The summed E-state index contributed by atoms with van der Waals surface area (Å²) in [4.78, 5) is 16.9. The van der Waals surface area contributed by atoms with Gasteiger partial charge < -0.3 is 10.2 Å². The zero-order valence-electron chi connectivity index (χ0n) is 17.0. The van der Waals surface area contributed by atoms with Gasteiger partial charge in [-0.2, -0.15) is 5.10 Å². The molecule has 0 aliphatic carbocycles. The zero-order chi connectivity index (χ0) is 19.4. The van der Waals surface area contributed by atoms with Gasteiger partial charge in [0, 0.05) is 32.4 Å². The Balaban J connectivity index is 1.52. The lowest BCUT2D eigenvalue weighted by Gasteiger charge is -2.29. The lowest BCUT2D eigenvalue weighted by Crippen LogP contribution is -2.30. The number of carbonyl (C=O) groups excluding carboxylic acids is 1. The van der Waals surface area contributed by atoms with Gasteiger partial charge in [-0.05, 0) is 57.9 Å². The summed E-state index contributed by atoms with van der Waals surface area (Å²) in [6, 6.07) is 8.76. The summed E-state index contributed by atoms with van der Waals surface area (Å²) < 4.78 is 1.79. The highest BCUT2D eigenvalue weighted by atomic mass is 16.2. The number of hydrogen-bond donors (Lipinski definition) is 1. The topological polar surface area (TPSA) is 53.4 Å². The van der Waals surface area contributed by atoms with Crippen LogP contribution in [0.25, 0.3) is 0 Å². The van der Waals surface area contributed by atoms with Crippen LogP contribution < -0.4 is 10.2 Å². The summed E-state index contributed by atoms with van der Waals surface area (Å²) in [5.74, 6) is -0.0124. The van der Waals surface area contributed by atoms with Crippen molar-refractivity contribution >= 4 is 17.3 Å². The second-order valence-corrected chi connectivity index (χ2v) is 7.60. The number of rotatable bonds is 6. The van der Waals surface area contributed by atoms with Gasteiger partial charge >= 0.3 is 0 Å². The maximum atomic E-state index is 12.4. The van der Waals surface area contributed by atoms with Gasteiger partial charge in [0.25, 0.3) is 0 Å². The molecule has 1 amide bonds. The van der Waals surface area contributed by atoms with Gasteiger partial charge in [0.05, 0.1) is 23.6 Å². The molecule has 27 heavy (non-hydrogen) atoms. The van der Waals surface area contributed by atoms with Gasteiger partial charge in [-0.15, -0.1) is 0 Å². The van der Waals surface area contributed by atoms with Gasteiger partial charge in [0.1, 0.15) is 0 Å². The number of nitrogens with one attached hydrogen (secondary N) is 1. The molecule has 0 unspecified atom stereocenters. The molecule has 146 valence electrons. The minimum Gasteiger partial charge on any atom is -0.372 e. The van der Waals surface area contributed by atoms with Gasteiger partial charge in [-0.1, -0.05) is 12.1 Å². The van der Waals surface area contributed by atoms with Crippen molar-refractivity contribution in [3.8, 4) is 0 Å². The van der Waals surface area contributed by atoms with E-state index in [9.17, 15) is 4.79 Å². The fraction of sp³-hybridized carbons (Fsp3) is 0.524. The average Bonchev–Trinajstić information content (AvgIpc) is 2.89. The molecule has 1 saturated heterocycles. The Morgan fingerprint density at radius 3 is 2.41 bits per heavy atom. The maximum Gasteiger partial charge on any atom is 0.238 e. The molecule has 3 rings (SSSR count). The Morgan fingerprint density at radius 1 is 1.15 bits per heavy atom. The molecule has 1 N–H and O–H groups in total. The number of aromatic nitrogens is 2. The van der Waals surface area contributed by atoms with E-state index in [4.69, 9.17) is 0 Å². The van der Waals surface area contributed by atoms with Gasteiger partial charge in [0.2, 0.25) is 5.91 Å². The van der Waals surface area contributed by atoms with Crippen molar-refractivity contribution in [2.75, 3.05) is 36.9 Å². The number of piperidine rings is 1. The van der Waals surface area contributed by atoms with Crippen LogP contribution in [0, 0.1) is 13.8 Å². The molecule has 0 radical (unpaired) electrons. The van der Waals surface area contributed by atoms with Crippen LogP contribution in [0.5, 0.6) is 0 Å². The maximum absolute atomic E-state index is 12.4. The molecule has 1 fully saturated rings. The third-order valence-electron chi connectivity index (χ3n) is 5.30. The third kappa shape index (κ3) is 4.89. The van der Waals surface area contributed by atoms with Crippen molar-refractivity contribution < 1.29 is 4.79 Å². The standard InChI is InChI=1S/C21H31N5O/c1-16-21(17(2)25(4)23-16)22-20(27)15-24(3)14-18-8-10-19(11-9-18)26-12-6-5-7-13-26/h8-11H,5-7,12-15H2,1-4H3,(H,22,27). The molecule has 1 aliphatic heterocycles. The molecule has 1 aromatic carbocycles. The van der Waals surface area contributed by atoms with Crippen LogP contribution in [0.2, 0.25) is 0 Å². The number of amides is 1. The monoisotopic (exact) mass is 369 g/mol. The Bertz CT molecular complexity index is 775. The van der Waals surface area contributed by atoms with Crippen molar-refractivity contribution in [2.45, 2.75) is 39.7 Å².